The summed E-state index contributed by atoms with van der Waals surface area (Å²) in [5.41, 5.74) is -0.999. The molecule has 0 amide bonds. The number of carbonyl (C=O) groups is 3. The Labute approximate surface area is 144 Å². The van der Waals surface area contributed by atoms with Gasteiger partial charge in [-0.2, -0.15) is 0 Å². The second kappa shape index (κ2) is 6.45. The molecule has 0 radical (unpaired) electrons. The summed E-state index contributed by atoms with van der Waals surface area (Å²) >= 11 is 0. The first-order chi connectivity index (χ1) is 12.0. The fourth-order valence-electron chi connectivity index (χ4n) is 3.18. The first-order valence-electron chi connectivity index (χ1n) is 7.71. The van der Waals surface area contributed by atoms with Gasteiger partial charge in [0.25, 0.3) is 5.78 Å². The van der Waals surface area contributed by atoms with E-state index in [1.807, 2.05) is 0 Å². The zero-order chi connectivity index (χ0) is 18.0. The Kier molecular flexibility index (Phi) is 4.33. The van der Waals surface area contributed by atoms with Crippen molar-refractivity contribution >= 4 is 23.1 Å². The van der Waals surface area contributed by atoms with Gasteiger partial charge in [-0.25, -0.2) is 4.79 Å². The van der Waals surface area contributed by atoms with Crippen molar-refractivity contribution in [1.82, 2.24) is 0 Å². The van der Waals surface area contributed by atoms with Crippen LogP contribution in [0.5, 0.6) is 0 Å². The number of Topliss-reactive ketones (excluding diaryl/α,β-unsaturated/α-hetero) is 2. The quantitative estimate of drug-likeness (QED) is 0.522. The number of ketones is 2. The van der Waals surface area contributed by atoms with Crippen molar-refractivity contribution in [3.8, 4) is 0 Å². The third-order valence-corrected chi connectivity index (χ3v) is 4.41. The van der Waals surface area contributed by atoms with Crippen molar-refractivity contribution in [1.29, 1.82) is 0 Å². The third-order valence-electron chi connectivity index (χ3n) is 4.41. The minimum atomic E-state index is -2.03. The molecule has 5 heteroatoms. The molecular weight excluding hydrogens is 320 g/mol. The summed E-state index contributed by atoms with van der Waals surface area (Å²) in [6, 6.07) is 16.8. The van der Waals surface area contributed by atoms with E-state index in [9.17, 15) is 19.5 Å². The predicted octanol–water partition coefficient (Wildman–Crippen LogP) is 1.69. The minimum absolute atomic E-state index is 0.203. The highest BCUT2D eigenvalue weighted by Gasteiger charge is 2.59. The van der Waals surface area contributed by atoms with E-state index in [1.165, 1.54) is 6.08 Å². The molecule has 0 heterocycles. The van der Waals surface area contributed by atoms with Crippen LogP contribution in [0.25, 0.3) is 5.57 Å². The predicted molar refractivity (Wildman–Crippen MR) is 90.6 cm³/mol. The van der Waals surface area contributed by atoms with E-state index in [2.05, 4.69) is 4.74 Å². The Balaban J connectivity index is 2.19. The van der Waals surface area contributed by atoms with Crippen molar-refractivity contribution in [2.75, 3.05) is 7.11 Å². The number of ether oxygens (including phenoxy) is 1. The number of carbonyl (C=O) groups excluding carboxylic acids is 3. The van der Waals surface area contributed by atoms with E-state index in [0.29, 0.717) is 5.56 Å². The van der Waals surface area contributed by atoms with Crippen LogP contribution in [-0.2, 0) is 24.5 Å². The maximum absolute atomic E-state index is 13.2. The van der Waals surface area contributed by atoms with Crippen molar-refractivity contribution in [2.45, 2.75) is 11.5 Å². The van der Waals surface area contributed by atoms with Gasteiger partial charge in [-0.3, -0.25) is 9.59 Å². The molecule has 2 atom stereocenters. The summed E-state index contributed by atoms with van der Waals surface area (Å²) in [4.78, 5) is 38.0. The molecule has 3 rings (SSSR count). The van der Waals surface area contributed by atoms with E-state index < -0.39 is 29.1 Å². The van der Waals surface area contributed by atoms with Crippen LogP contribution in [-0.4, -0.2) is 35.9 Å². The van der Waals surface area contributed by atoms with E-state index in [0.717, 1.165) is 7.11 Å². The number of esters is 1. The molecule has 126 valence electrons. The third kappa shape index (κ3) is 2.49. The second-order valence-electron chi connectivity index (χ2n) is 5.72. The van der Waals surface area contributed by atoms with Gasteiger partial charge in [0.05, 0.1) is 13.2 Å². The van der Waals surface area contributed by atoms with Crippen molar-refractivity contribution in [3.05, 3.63) is 77.9 Å². The average Bonchev–Trinajstić information content (AvgIpc) is 2.93. The van der Waals surface area contributed by atoms with E-state index in [4.69, 9.17) is 0 Å². The lowest BCUT2D eigenvalue weighted by Crippen LogP contribution is -2.52. The van der Waals surface area contributed by atoms with Crippen LogP contribution in [0.4, 0.5) is 0 Å². The second-order valence-corrected chi connectivity index (χ2v) is 5.72. The maximum Gasteiger partial charge on any atom is 0.375 e. The standard InChI is InChI=1S/C20H16O5/c1-25-19(24)18(23)20(14-10-6-3-7-11-14)16(21)12-15(17(20)22)13-8-4-2-5-9-13/h2-12,16,21H,1H3/t16-,20+/m1/s1. The lowest BCUT2D eigenvalue weighted by molar-refractivity contribution is -0.157. The molecule has 1 aliphatic carbocycles. The molecule has 1 N–H and O–H groups in total. The number of aliphatic hydroxyl groups is 1. The molecular formula is C20H16O5. The highest BCUT2D eigenvalue weighted by molar-refractivity contribution is 6.49. The number of hydrogen-bond acceptors (Lipinski definition) is 5. The zero-order valence-electron chi connectivity index (χ0n) is 13.5. The molecule has 0 aromatic heterocycles. The Hall–Kier alpha value is -3.05. The molecule has 0 saturated carbocycles. The normalized spacial score (nSPS) is 22.4. The van der Waals surface area contributed by atoms with Gasteiger partial charge in [-0.1, -0.05) is 60.7 Å². The Morgan fingerprint density at radius 2 is 1.56 bits per heavy atom. The van der Waals surface area contributed by atoms with Gasteiger partial charge in [-0.15, -0.1) is 0 Å². The molecule has 0 bridgehead atoms. The molecule has 5 nitrogen and oxygen atoms in total. The lowest BCUT2D eigenvalue weighted by atomic mass is 9.71. The highest BCUT2D eigenvalue weighted by atomic mass is 16.5. The molecule has 0 saturated heterocycles. The number of rotatable bonds is 4. The van der Waals surface area contributed by atoms with Crippen molar-refractivity contribution in [3.63, 3.8) is 0 Å². The Bertz CT molecular complexity index is 854. The summed E-state index contributed by atoms with van der Waals surface area (Å²) in [7, 11) is 1.07. The monoisotopic (exact) mass is 336 g/mol. The first-order valence-corrected chi connectivity index (χ1v) is 7.71. The topological polar surface area (TPSA) is 80.7 Å². The fourth-order valence-corrected chi connectivity index (χ4v) is 3.18. The summed E-state index contributed by atoms with van der Waals surface area (Å²) in [5, 5.41) is 10.7. The van der Waals surface area contributed by atoms with Gasteiger partial charge in [0.2, 0.25) is 0 Å². The average molecular weight is 336 g/mol. The van der Waals surface area contributed by atoms with E-state index >= 15 is 0 Å². The van der Waals surface area contributed by atoms with Crippen LogP contribution in [0.15, 0.2) is 66.7 Å². The molecule has 0 unspecified atom stereocenters. The van der Waals surface area contributed by atoms with Gasteiger partial charge in [0.1, 0.15) is 0 Å². The van der Waals surface area contributed by atoms with Crippen LogP contribution in [0.3, 0.4) is 0 Å². The van der Waals surface area contributed by atoms with Crippen LogP contribution in [0, 0.1) is 0 Å². The number of allylic oxidation sites excluding steroid dienone is 1. The zero-order valence-corrected chi connectivity index (χ0v) is 13.5. The van der Waals surface area contributed by atoms with Crippen LogP contribution < -0.4 is 0 Å². The smallest absolute Gasteiger partial charge is 0.375 e. The molecule has 0 spiro atoms. The van der Waals surface area contributed by atoms with E-state index in [1.54, 1.807) is 60.7 Å². The Morgan fingerprint density at radius 3 is 2.12 bits per heavy atom. The number of methoxy groups -OCH3 is 1. The maximum atomic E-state index is 13.2. The summed E-state index contributed by atoms with van der Waals surface area (Å²) < 4.78 is 4.53. The summed E-state index contributed by atoms with van der Waals surface area (Å²) in [5.74, 6) is -2.87. The van der Waals surface area contributed by atoms with Gasteiger partial charge < -0.3 is 9.84 Å². The van der Waals surface area contributed by atoms with Gasteiger partial charge in [-0.05, 0) is 17.2 Å². The lowest BCUT2D eigenvalue weighted by Gasteiger charge is -2.29. The molecule has 0 aliphatic heterocycles. The fraction of sp³-hybridized carbons (Fsp3) is 0.150. The van der Waals surface area contributed by atoms with Gasteiger partial charge in [0.15, 0.2) is 11.2 Å². The van der Waals surface area contributed by atoms with Crippen LogP contribution in [0.1, 0.15) is 11.1 Å². The summed E-state index contributed by atoms with van der Waals surface area (Å²) in [6.07, 6.45) is -0.143. The van der Waals surface area contributed by atoms with Crippen molar-refractivity contribution < 1.29 is 24.2 Å². The minimum Gasteiger partial charge on any atom is -0.463 e. The summed E-state index contributed by atoms with van der Waals surface area (Å²) in [6.45, 7) is 0. The molecule has 25 heavy (non-hydrogen) atoms. The molecule has 0 fully saturated rings. The number of benzene rings is 2. The van der Waals surface area contributed by atoms with Gasteiger partial charge >= 0.3 is 5.97 Å². The van der Waals surface area contributed by atoms with Crippen LogP contribution in [0.2, 0.25) is 0 Å². The molecule has 2 aromatic rings. The molecule has 1 aliphatic rings. The van der Waals surface area contributed by atoms with Crippen LogP contribution >= 0.6 is 0 Å². The largest absolute Gasteiger partial charge is 0.463 e. The first kappa shape index (κ1) is 16.8. The molecule has 2 aromatic carbocycles. The van der Waals surface area contributed by atoms with Crippen molar-refractivity contribution in [2.24, 2.45) is 0 Å². The van der Waals surface area contributed by atoms with Gasteiger partial charge in [0, 0.05) is 5.57 Å². The number of aliphatic hydroxyl groups excluding tert-OH is 1. The number of hydrogen-bond donors (Lipinski definition) is 1. The highest BCUT2D eigenvalue weighted by Crippen LogP contribution is 2.42. The van der Waals surface area contributed by atoms with E-state index in [-0.39, 0.29) is 11.1 Å². The SMILES string of the molecule is COC(=O)C(=O)[C@]1(c2ccccc2)C(=O)C(c2ccccc2)=C[C@H]1O. The Morgan fingerprint density at radius 1 is 1.00 bits per heavy atom.